The highest BCUT2D eigenvalue weighted by Gasteiger charge is 2.13. The molecule has 0 saturated heterocycles. The van der Waals surface area contributed by atoms with Gasteiger partial charge in [0.2, 0.25) is 0 Å². The molecule has 2 aromatic rings. The third-order valence-electron chi connectivity index (χ3n) is 3.05. The lowest BCUT2D eigenvalue weighted by Gasteiger charge is -2.15. The van der Waals surface area contributed by atoms with Gasteiger partial charge in [0.1, 0.15) is 17.2 Å². The molecule has 0 spiro atoms. The first-order valence-corrected chi connectivity index (χ1v) is 8.02. The number of halogens is 1. The maximum absolute atomic E-state index is 5.43. The van der Waals surface area contributed by atoms with Crippen LogP contribution in [0.15, 0.2) is 28.1 Å². The van der Waals surface area contributed by atoms with Crippen LogP contribution in [0.25, 0.3) is 0 Å². The molecule has 0 saturated carbocycles. The molecule has 0 atom stereocenters. The lowest BCUT2D eigenvalue weighted by Crippen LogP contribution is -2.13. The second-order valence-electron chi connectivity index (χ2n) is 4.32. The lowest BCUT2D eigenvalue weighted by molar-refractivity contribution is 0.366. The Hall–Kier alpha value is -1.24. The van der Waals surface area contributed by atoms with Crippen LogP contribution in [-0.4, -0.2) is 21.3 Å². The summed E-state index contributed by atoms with van der Waals surface area (Å²) in [7, 11) is 4.92. The Bertz CT molecular complexity index is 575. The Labute approximate surface area is 137 Å². The molecule has 1 heterocycles. The Morgan fingerprint density at radius 3 is 2.14 bits per heavy atom. The fourth-order valence-electron chi connectivity index (χ4n) is 2.01. The molecule has 2 rings (SSSR count). The molecule has 0 unspecified atom stereocenters. The molecule has 0 aliphatic carbocycles. The molecule has 21 heavy (non-hydrogen) atoms. The van der Waals surface area contributed by atoms with Crippen molar-refractivity contribution in [1.29, 1.82) is 0 Å². The molecule has 6 heteroatoms. The predicted octanol–water partition coefficient (Wildman–Crippen LogP) is 3.83. The molecular weight excluding hydrogens is 354 g/mol. The van der Waals surface area contributed by atoms with Gasteiger partial charge in [-0.1, -0.05) is 0 Å². The summed E-state index contributed by atoms with van der Waals surface area (Å²) in [5, 5.41) is 3.41. The number of hydrogen-bond acceptors (Lipinski definition) is 5. The first kappa shape index (κ1) is 16.1. The third-order valence-corrected chi connectivity index (χ3v) is 4.67. The van der Waals surface area contributed by atoms with Crippen molar-refractivity contribution < 1.29 is 14.2 Å². The summed E-state index contributed by atoms with van der Waals surface area (Å²) in [5.41, 5.74) is 0.983. The number of benzene rings is 1. The van der Waals surface area contributed by atoms with Gasteiger partial charge in [-0.2, -0.15) is 0 Å². The molecule has 0 fully saturated rings. The zero-order valence-corrected chi connectivity index (χ0v) is 14.6. The predicted molar refractivity (Wildman–Crippen MR) is 88.7 cm³/mol. The molecule has 0 aliphatic heterocycles. The summed E-state index contributed by atoms with van der Waals surface area (Å²) in [6.45, 7) is 1.46. The molecule has 1 aromatic carbocycles. The first-order valence-electron chi connectivity index (χ1n) is 6.41. The summed E-state index contributed by atoms with van der Waals surface area (Å²) in [6.07, 6.45) is 0. The van der Waals surface area contributed by atoms with Crippen LogP contribution in [0, 0.1) is 0 Å². The number of thiophene rings is 1. The van der Waals surface area contributed by atoms with Crippen molar-refractivity contribution in [3.05, 3.63) is 38.5 Å². The van der Waals surface area contributed by atoms with Crippen molar-refractivity contribution >= 4 is 27.3 Å². The van der Waals surface area contributed by atoms with E-state index in [-0.39, 0.29) is 0 Å². The highest BCUT2D eigenvalue weighted by Crippen LogP contribution is 2.34. The second kappa shape index (κ2) is 7.68. The summed E-state index contributed by atoms with van der Waals surface area (Å²) >= 11 is 5.19. The maximum Gasteiger partial charge on any atom is 0.130 e. The standard InChI is InChI=1S/C15H18BrNO3S/c1-18-10-6-13(19-2)12(14(7-10)20-3)9-17-8-11-4-5-15(16)21-11/h4-7,17H,8-9H2,1-3H3. The van der Waals surface area contributed by atoms with Gasteiger partial charge in [0.25, 0.3) is 0 Å². The van der Waals surface area contributed by atoms with E-state index in [1.54, 1.807) is 32.7 Å². The minimum atomic E-state index is 0.659. The van der Waals surface area contributed by atoms with Crippen molar-refractivity contribution in [2.24, 2.45) is 0 Å². The van der Waals surface area contributed by atoms with Crippen molar-refractivity contribution in [2.75, 3.05) is 21.3 Å². The molecule has 0 aliphatic rings. The van der Waals surface area contributed by atoms with Crippen molar-refractivity contribution in [1.82, 2.24) is 5.32 Å². The van der Waals surface area contributed by atoms with Crippen LogP contribution >= 0.6 is 27.3 Å². The first-order chi connectivity index (χ1) is 10.2. The topological polar surface area (TPSA) is 39.7 Å². The van der Waals surface area contributed by atoms with Crippen LogP contribution in [0.4, 0.5) is 0 Å². The van der Waals surface area contributed by atoms with E-state index in [4.69, 9.17) is 14.2 Å². The molecule has 1 aromatic heterocycles. The van der Waals surface area contributed by atoms with Crippen LogP contribution in [0.2, 0.25) is 0 Å². The van der Waals surface area contributed by atoms with Crippen LogP contribution in [0.1, 0.15) is 10.4 Å². The lowest BCUT2D eigenvalue weighted by atomic mass is 10.1. The maximum atomic E-state index is 5.43. The zero-order valence-electron chi connectivity index (χ0n) is 12.2. The number of nitrogens with one attached hydrogen (secondary N) is 1. The summed E-state index contributed by atoms with van der Waals surface area (Å²) in [4.78, 5) is 1.27. The minimum Gasteiger partial charge on any atom is -0.496 e. The van der Waals surface area contributed by atoms with E-state index in [9.17, 15) is 0 Å². The summed E-state index contributed by atoms with van der Waals surface area (Å²) in [5.74, 6) is 2.23. The third kappa shape index (κ3) is 4.12. The summed E-state index contributed by atoms with van der Waals surface area (Å²) < 4.78 is 17.2. The van der Waals surface area contributed by atoms with E-state index in [1.165, 1.54) is 4.88 Å². The van der Waals surface area contributed by atoms with Gasteiger partial charge in [0, 0.05) is 30.1 Å². The van der Waals surface area contributed by atoms with E-state index in [1.807, 2.05) is 12.1 Å². The van der Waals surface area contributed by atoms with Gasteiger partial charge in [-0.25, -0.2) is 0 Å². The number of hydrogen-bond donors (Lipinski definition) is 1. The van der Waals surface area contributed by atoms with Crippen LogP contribution in [0.3, 0.4) is 0 Å². The Kier molecular flexibility index (Phi) is 5.90. The number of methoxy groups -OCH3 is 3. The quantitative estimate of drug-likeness (QED) is 0.802. The van der Waals surface area contributed by atoms with E-state index in [2.05, 4.69) is 33.4 Å². The van der Waals surface area contributed by atoms with E-state index in [0.717, 1.165) is 33.1 Å². The van der Waals surface area contributed by atoms with Gasteiger partial charge in [0.15, 0.2) is 0 Å². The van der Waals surface area contributed by atoms with E-state index >= 15 is 0 Å². The van der Waals surface area contributed by atoms with E-state index < -0.39 is 0 Å². The molecule has 4 nitrogen and oxygen atoms in total. The second-order valence-corrected chi connectivity index (χ2v) is 6.87. The molecule has 1 N–H and O–H groups in total. The fraction of sp³-hybridized carbons (Fsp3) is 0.333. The smallest absolute Gasteiger partial charge is 0.130 e. The largest absolute Gasteiger partial charge is 0.496 e. The van der Waals surface area contributed by atoms with Gasteiger partial charge in [-0.3, -0.25) is 0 Å². The molecule has 114 valence electrons. The van der Waals surface area contributed by atoms with E-state index in [0.29, 0.717) is 6.54 Å². The highest BCUT2D eigenvalue weighted by atomic mass is 79.9. The monoisotopic (exact) mass is 371 g/mol. The average Bonchev–Trinajstić information content (AvgIpc) is 2.92. The molecule has 0 radical (unpaired) electrons. The van der Waals surface area contributed by atoms with Crippen molar-refractivity contribution in [3.63, 3.8) is 0 Å². The SMILES string of the molecule is COc1cc(OC)c(CNCc2ccc(Br)s2)c(OC)c1. The zero-order chi connectivity index (χ0) is 15.2. The molecular formula is C15H18BrNO3S. The number of rotatable bonds is 7. The molecule has 0 amide bonds. The Morgan fingerprint density at radius 1 is 1.00 bits per heavy atom. The normalized spacial score (nSPS) is 10.5. The van der Waals surface area contributed by atoms with Gasteiger partial charge < -0.3 is 19.5 Å². The van der Waals surface area contributed by atoms with Gasteiger partial charge >= 0.3 is 0 Å². The van der Waals surface area contributed by atoms with Crippen molar-refractivity contribution in [2.45, 2.75) is 13.1 Å². The van der Waals surface area contributed by atoms with Crippen LogP contribution in [-0.2, 0) is 13.1 Å². The molecule has 0 bridgehead atoms. The minimum absolute atomic E-state index is 0.659. The fourth-order valence-corrected chi connectivity index (χ4v) is 3.46. The Balaban J connectivity index is 2.10. The van der Waals surface area contributed by atoms with Crippen LogP contribution in [0.5, 0.6) is 17.2 Å². The van der Waals surface area contributed by atoms with Gasteiger partial charge in [-0.15, -0.1) is 11.3 Å². The summed E-state index contributed by atoms with van der Waals surface area (Å²) in [6, 6.07) is 7.88. The average molecular weight is 372 g/mol. The Morgan fingerprint density at radius 2 is 1.67 bits per heavy atom. The van der Waals surface area contributed by atoms with Crippen LogP contribution < -0.4 is 19.5 Å². The van der Waals surface area contributed by atoms with Crippen molar-refractivity contribution in [3.8, 4) is 17.2 Å². The van der Waals surface area contributed by atoms with Gasteiger partial charge in [0.05, 0.1) is 30.7 Å². The number of ether oxygens (including phenoxy) is 3. The van der Waals surface area contributed by atoms with Gasteiger partial charge in [-0.05, 0) is 28.1 Å². The highest BCUT2D eigenvalue weighted by molar-refractivity contribution is 9.11.